The predicted molar refractivity (Wildman–Crippen MR) is 153 cm³/mol. The van der Waals surface area contributed by atoms with E-state index in [1.54, 1.807) is 18.8 Å². The summed E-state index contributed by atoms with van der Waals surface area (Å²) in [5, 5.41) is 0. The third-order valence-corrected chi connectivity index (χ3v) is 9.05. The normalized spacial score (nSPS) is 17.3. The first-order valence-electron chi connectivity index (χ1n) is 12.5. The molecule has 7 nitrogen and oxygen atoms in total. The zero-order chi connectivity index (χ0) is 26.7. The standard InChI is InChI=1S/C30H23BrN2O5S/c1-35-18-8-10-23(36-2)21(13-18)28-20-9-7-16-5-3-4-6-19(16)27(20)32-30-33(28)29(34)26(39-30)12-17-11-24-25(14-22(17)31)38-15-37-24/h3-6,8,10-14,28H,7,9,15H2,1-2H3/b26-12-. The molecule has 9 heteroatoms. The third-order valence-electron chi connectivity index (χ3n) is 7.38. The summed E-state index contributed by atoms with van der Waals surface area (Å²) in [6, 6.07) is 17.5. The van der Waals surface area contributed by atoms with Crippen LogP contribution < -0.4 is 33.8 Å². The molecule has 2 aliphatic heterocycles. The van der Waals surface area contributed by atoms with Crippen molar-refractivity contribution in [3.8, 4) is 23.0 Å². The van der Waals surface area contributed by atoms with Gasteiger partial charge < -0.3 is 18.9 Å². The fourth-order valence-corrected chi connectivity index (χ4v) is 6.97. The molecule has 0 spiro atoms. The fraction of sp³-hybridized carbons (Fsp3) is 0.200. The van der Waals surface area contributed by atoms with Gasteiger partial charge in [-0.25, -0.2) is 4.99 Å². The number of ether oxygens (including phenoxy) is 4. The molecular formula is C30H23BrN2O5S. The van der Waals surface area contributed by atoms with Crippen LogP contribution in [-0.2, 0) is 6.42 Å². The maximum Gasteiger partial charge on any atom is 0.271 e. The van der Waals surface area contributed by atoms with E-state index in [0.717, 1.165) is 45.3 Å². The molecule has 1 aliphatic carbocycles. The van der Waals surface area contributed by atoms with Crippen molar-refractivity contribution in [3.05, 3.63) is 107 Å². The molecule has 0 bridgehead atoms. The summed E-state index contributed by atoms with van der Waals surface area (Å²) in [6.45, 7) is 0.183. The molecule has 0 saturated heterocycles. The zero-order valence-corrected chi connectivity index (χ0v) is 23.6. The third kappa shape index (κ3) is 3.91. The van der Waals surface area contributed by atoms with Gasteiger partial charge >= 0.3 is 0 Å². The number of aromatic nitrogens is 1. The lowest BCUT2D eigenvalue weighted by molar-refractivity contribution is 0.174. The van der Waals surface area contributed by atoms with Crippen LogP contribution in [0.4, 0.5) is 0 Å². The lowest BCUT2D eigenvalue weighted by atomic mass is 9.83. The highest BCUT2D eigenvalue weighted by molar-refractivity contribution is 9.10. The van der Waals surface area contributed by atoms with E-state index in [1.807, 2.05) is 42.5 Å². The van der Waals surface area contributed by atoms with Crippen molar-refractivity contribution < 1.29 is 18.9 Å². The Labute approximate surface area is 236 Å². The summed E-state index contributed by atoms with van der Waals surface area (Å²) < 4.78 is 25.6. The molecule has 39 heavy (non-hydrogen) atoms. The first-order chi connectivity index (χ1) is 19.1. The number of rotatable bonds is 4. The van der Waals surface area contributed by atoms with Gasteiger partial charge in [0.2, 0.25) is 6.79 Å². The Morgan fingerprint density at radius 2 is 1.87 bits per heavy atom. The molecule has 4 aromatic rings. The van der Waals surface area contributed by atoms with E-state index >= 15 is 0 Å². The van der Waals surface area contributed by atoms with Gasteiger partial charge in [0.1, 0.15) is 11.5 Å². The lowest BCUT2D eigenvalue weighted by Gasteiger charge is -2.31. The van der Waals surface area contributed by atoms with Crippen LogP contribution in [0.15, 0.2) is 74.4 Å². The van der Waals surface area contributed by atoms with Crippen LogP contribution in [-0.4, -0.2) is 25.6 Å². The molecule has 196 valence electrons. The number of fused-ring (bicyclic) bond motifs is 4. The predicted octanol–water partition coefficient (Wildman–Crippen LogP) is 4.83. The highest BCUT2D eigenvalue weighted by Gasteiger charge is 2.34. The smallest absolute Gasteiger partial charge is 0.271 e. The quantitative estimate of drug-likeness (QED) is 0.335. The van der Waals surface area contributed by atoms with E-state index < -0.39 is 0 Å². The van der Waals surface area contributed by atoms with Gasteiger partial charge in [0.25, 0.3) is 5.56 Å². The van der Waals surface area contributed by atoms with Crippen molar-refractivity contribution in [1.82, 2.24) is 4.57 Å². The minimum atomic E-state index is -0.378. The van der Waals surface area contributed by atoms with Crippen molar-refractivity contribution in [1.29, 1.82) is 0 Å². The summed E-state index contributed by atoms with van der Waals surface area (Å²) in [5.41, 5.74) is 6.00. The molecule has 3 aliphatic rings. The van der Waals surface area contributed by atoms with Gasteiger partial charge in [-0.05, 0) is 65.9 Å². The average molecular weight is 603 g/mol. The fourth-order valence-electron chi connectivity index (χ4n) is 5.54. The molecule has 0 saturated carbocycles. The van der Waals surface area contributed by atoms with Gasteiger partial charge in [0, 0.05) is 15.6 Å². The summed E-state index contributed by atoms with van der Waals surface area (Å²) in [4.78, 5) is 19.9. The average Bonchev–Trinajstić information content (AvgIpc) is 3.54. The van der Waals surface area contributed by atoms with Crippen LogP contribution in [0.2, 0.25) is 0 Å². The van der Waals surface area contributed by atoms with E-state index in [-0.39, 0.29) is 18.4 Å². The number of halogens is 1. The minimum absolute atomic E-state index is 0.108. The van der Waals surface area contributed by atoms with Crippen LogP contribution in [0.5, 0.6) is 23.0 Å². The molecule has 0 fully saturated rings. The van der Waals surface area contributed by atoms with Gasteiger partial charge in [0.05, 0.1) is 30.5 Å². The van der Waals surface area contributed by atoms with E-state index in [2.05, 4.69) is 34.1 Å². The zero-order valence-electron chi connectivity index (χ0n) is 21.2. The van der Waals surface area contributed by atoms with E-state index in [1.165, 1.54) is 16.9 Å². The Morgan fingerprint density at radius 1 is 1.05 bits per heavy atom. The molecule has 1 aromatic heterocycles. The Morgan fingerprint density at radius 3 is 2.69 bits per heavy atom. The highest BCUT2D eigenvalue weighted by Crippen LogP contribution is 2.44. The topological polar surface area (TPSA) is 71.3 Å². The van der Waals surface area contributed by atoms with Crippen molar-refractivity contribution in [2.75, 3.05) is 21.0 Å². The van der Waals surface area contributed by atoms with Gasteiger partial charge in [-0.2, -0.15) is 0 Å². The number of benzene rings is 3. The molecule has 7 rings (SSSR count). The number of thiazole rings is 1. The van der Waals surface area contributed by atoms with Gasteiger partial charge in [-0.3, -0.25) is 9.36 Å². The van der Waals surface area contributed by atoms with Crippen molar-refractivity contribution >= 4 is 39.0 Å². The van der Waals surface area contributed by atoms with Gasteiger partial charge in [-0.15, -0.1) is 0 Å². The number of hydrogen-bond donors (Lipinski definition) is 0. The highest BCUT2D eigenvalue weighted by atomic mass is 79.9. The summed E-state index contributed by atoms with van der Waals surface area (Å²) in [7, 11) is 3.29. The lowest BCUT2D eigenvalue weighted by Crippen LogP contribution is -2.39. The molecule has 1 unspecified atom stereocenters. The van der Waals surface area contributed by atoms with Crippen LogP contribution in [0, 0.1) is 0 Å². The van der Waals surface area contributed by atoms with Crippen LogP contribution in [0.3, 0.4) is 0 Å². The summed E-state index contributed by atoms with van der Waals surface area (Å²) in [6.07, 6.45) is 3.55. The first-order valence-corrected chi connectivity index (χ1v) is 14.1. The Bertz CT molecular complexity index is 1870. The first kappa shape index (κ1) is 24.2. The Kier molecular flexibility index (Phi) is 5.86. The maximum atomic E-state index is 14.1. The Hall–Kier alpha value is -3.82. The molecule has 0 N–H and O–H groups in total. The molecule has 3 heterocycles. The molecular weight excluding hydrogens is 580 g/mol. The summed E-state index contributed by atoms with van der Waals surface area (Å²) >= 11 is 5.00. The number of aryl methyl sites for hydroxylation is 1. The van der Waals surface area contributed by atoms with Gasteiger partial charge in [-0.1, -0.05) is 51.5 Å². The van der Waals surface area contributed by atoms with E-state index in [0.29, 0.717) is 32.3 Å². The number of methoxy groups -OCH3 is 2. The molecule has 1 atom stereocenters. The number of nitrogens with zero attached hydrogens (tertiary/aromatic N) is 2. The largest absolute Gasteiger partial charge is 0.497 e. The monoisotopic (exact) mass is 602 g/mol. The number of allylic oxidation sites excluding steroid dienone is 1. The summed E-state index contributed by atoms with van der Waals surface area (Å²) in [5.74, 6) is 2.73. The van der Waals surface area contributed by atoms with Gasteiger partial charge in [0.15, 0.2) is 16.3 Å². The van der Waals surface area contributed by atoms with Crippen LogP contribution >= 0.6 is 27.3 Å². The second-order valence-corrected chi connectivity index (χ2v) is 11.3. The van der Waals surface area contributed by atoms with Crippen LogP contribution in [0.1, 0.15) is 34.7 Å². The molecule has 3 aromatic carbocycles. The van der Waals surface area contributed by atoms with Crippen molar-refractivity contribution in [3.63, 3.8) is 0 Å². The van der Waals surface area contributed by atoms with Crippen molar-refractivity contribution in [2.45, 2.75) is 18.9 Å². The van der Waals surface area contributed by atoms with E-state index in [4.69, 9.17) is 23.9 Å². The van der Waals surface area contributed by atoms with Crippen molar-refractivity contribution in [2.24, 2.45) is 4.99 Å². The molecule has 0 radical (unpaired) electrons. The minimum Gasteiger partial charge on any atom is -0.497 e. The SMILES string of the molecule is COc1ccc(OC)c(C2C3=C(N=c4s/c(=C\c5cc6c(cc5Br)OCO6)c(=O)n42)c2ccccc2CC3)c1. The van der Waals surface area contributed by atoms with E-state index in [9.17, 15) is 4.79 Å². The van der Waals surface area contributed by atoms with Crippen LogP contribution in [0.25, 0.3) is 11.8 Å². The second kappa shape index (κ2) is 9.43. The molecule has 0 amide bonds. The number of hydrogen-bond acceptors (Lipinski definition) is 7. The Balaban J connectivity index is 1.50. The maximum absolute atomic E-state index is 14.1. The second-order valence-electron chi connectivity index (χ2n) is 9.45.